The van der Waals surface area contributed by atoms with Crippen LogP contribution in [0, 0.1) is 0 Å². The Hall–Kier alpha value is -1.70. The Labute approximate surface area is 151 Å². The van der Waals surface area contributed by atoms with Crippen molar-refractivity contribution >= 4 is 24.9 Å². The highest BCUT2D eigenvalue weighted by Crippen LogP contribution is 2.29. The van der Waals surface area contributed by atoms with E-state index in [9.17, 15) is 4.79 Å². The van der Waals surface area contributed by atoms with Crippen LogP contribution in [0.25, 0.3) is 5.57 Å². The largest absolute Gasteiger partial charge is 0.481 e. The average Bonchev–Trinajstić information content (AvgIpc) is 2.58. The van der Waals surface area contributed by atoms with Gasteiger partial charge in [0.1, 0.15) is 14.9 Å². The molecule has 7 heteroatoms. The topological polar surface area (TPSA) is 66.9 Å². The number of allylic oxidation sites excluding steroid dienone is 1. The van der Waals surface area contributed by atoms with Gasteiger partial charge in [0.25, 0.3) is 0 Å². The molecule has 0 aliphatic heterocycles. The highest BCUT2D eigenvalue weighted by atomic mass is 28.3. The first-order valence-electron chi connectivity index (χ1n) is 8.22. The number of hydrogen-bond acceptors (Lipinski definition) is 6. The maximum Gasteiger partial charge on any atom is 0.330 e. The summed E-state index contributed by atoms with van der Waals surface area (Å²) in [7, 11) is 2.85. The number of ether oxygens (including phenoxy) is 4. The standard InChI is InChI=1S/C18H29NO5Si/c1-8-13(9-17(20)22-3)14-10-16(25(5,6)7)19-18(23-4)15(14)11-24-12-21-2/h9-10H,8,11-12H2,1-7H3/b13-9-. The fourth-order valence-electron chi connectivity index (χ4n) is 2.33. The van der Waals surface area contributed by atoms with Gasteiger partial charge in [-0.15, -0.1) is 0 Å². The molecule has 0 spiro atoms. The fraction of sp³-hybridized carbons (Fsp3) is 0.556. The highest BCUT2D eigenvalue weighted by Gasteiger charge is 2.24. The molecule has 0 unspecified atom stereocenters. The molecule has 0 bridgehead atoms. The van der Waals surface area contributed by atoms with Crippen molar-refractivity contribution in [1.29, 1.82) is 0 Å². The Morgan fingerprint density at radius 1 is 1.24 bits per heavy atom. The van der Waals surface area contributed by atoms with E-state index in [0.717, 1.165) is 22.0 Å². The van der Waals surface area contributed by atoms with Gasteiger partial charge in [-0.05, 0) is 23.6 Å². The van der Waals surface area contributed by atoms with Gasteiger partial charge >= 0.3 is 5.97 Å². The predicted octanol–water partition coefficient (Wildman–Crippen LogP) is 2.72. The molecule has 1 aromatic heterocycles. The van der Waals surface area contributed by atoms with E-state index < -0.39 is 8.07 Å². The predicted molar refractivity (Wildman–Crippen MR) is 101 cm³/mol. The monoisotopic (exact) mass is 367 g/mol. The van der Waals surface area contributed by atoms with Crippen LogP contribution in [0.15, 0.2) is 12.1 Å². The Morgan fingerprint density at radius 2 is 1.92 bits per heavy atom. The van der Waals surface area contributed by atoms with Crippen molar-refractivity contribution in [2.24, 2.45) is 0 Å². The van der Waals surface area contributed by atoms with Crippen molar-refractivity contribution in [1.82, 2.24) is 4.98 Å². The number of esters is 1. The smallest absolute Gasteiger partial charge is 0.330 e. The van der Waals surface area contributed by atoms with Crippen LogP contribution in [-0.2, 0) is 25.6 Å². The molecule has 0 amide bonds. The molecule has 0 aliphatic carbocycles. The van der Waals surface area contributed by atoms with Crippen LogP contribution in [0.1, 0.15) is 24.5 Å². The lowest BCUT2D eigenvalue weighted by molar-refractivity contribution is -0.134. The van der Waals surface area contributed by atoms with Crippen molar-refractivity contribution in [3.8, 4) is 5.88 Å². The number of carbonyl (C=O) groups excluding carboxylic acids is 1. The Morgan fingerprint density at radius 3 is 2.40 bits per heavy atom. The number of nitrogens with zero attached hydrogens (tertiary/aromatic N) is 1. The minimum atomic E-state index is -1.68. The van der Waals surface area contributed by atoms with Crippen molar-refractivity contribution in [2.45, 2.75) is 39.6 Å². The normalized spacial score (nSPS) is 12.2. The molecular formula is C18H29NO5Si. The second-order valence-corrected chi connectivity index (χ2v) is 11.6. The van der Waals surface area contributed by atoms with E-state index in [-0.39, 0.29) is 19.4 Å². The molecule has 0 N–H and O–H groups in total. The van der Waals surface area contributed by atoms with E-state index in [1.54, 1.807) is 14.2 Å². The van der Waals surface area contributed by atoms with Gasteiger partial charge < -0.3 is 18.9 Å². The Bertz CT molecular complexity index is 623. The number of hydrogen-bond donors (Lipinski definition) is 0. The van der Waals surface area contributed by atoms with Crippen LogP contribution in [-0.4, -0.2) is 47.1 Å². The van der Waals surface area contributed by atoms with Crippen LogP contribution >= 0.6 is 0 Å². The lowest BCUT2D eigenvalue weighted by Gasteiger charge is -2.22. The number of carbonyl (C=O) groups is 1. The molecule has 0 radical (unpaired) electrons. The minimum absolute atomic E-state index is 0.167. The second-order valence-electron chi connectivity index (χ2n) is 6.59. The third-order valence-corrected chi connectivity index (χ3v) is 5.51. The summed E-state index contributed by atoms with van der Waals surface area (Å²) in [6, 6.07) is 2.05. The molecular weight excluding hydrogens is 338 g/mol. The lowest BCUT2D eigenvalue weighted by Crippen LogP contribution is -2.40. The van der Waals surface area contributed by atoms with Gasteiger partial charge in [-0.1, -0.05) is 26.6 Å². The van der Waals surface area contributed by atoms with Gasteiger partial charge in [-0.3, -0.25) is 0 Å². The first-order valence-corrected chi connectivity index (χ1v) is 11.7. The van der Waals surface area contributed by atoms with Crippen molar-refractivity contribution in [3.63, 3.8) is 0 Å². The van der Waals surface area contributed by atoms with Crippen LogP contribution in [0.5, 0.6) is 5.88 Å². The molecule has 0 atom stereocenters. The quantitative estimate of drug-likeness (QED) is 0.220. The number of aromatic nitrogens is 1. The number of pyridine rings is 1. The SMILES string of the molecule is CC/C(=C/C(=O)OC)c1cc([Si](C)(C)C)nc(OC)c1COCOC. The summed E-state index contributed by atoms with van der Waals surface area (Å²) in [5, 5.41) is 1.01. The molecule has 6 nitrogen and oxygen atoms in total. The van der Waals surface area contributed by atoms with E-state index in [0.29, 0.717) is 12.3 Å². The first kappa shape index (κ1) is 21.3. The maximum absolute atomic E-state index is 11.8. The molecule has 0 aliphatic rings. The molecule has 0 fully saturated rings. The van der Waals surface area contributed by atoms with Crippen LogP contribution in [0.4, 0.5) is 0 Å². The number of rotatable bonds is 9. The maximum atomic E-state index is 11.8. The third kappa shape index (κ3) is 5.95. The summed E-state index contributed by atoms with van der Waals surface area (Å²) < 4.78 is 20.8. The number of methoxy groups -OCH3 is 3. The fourth-order valence-corrected chi connectivity index (χ4v) is 3.34. The molecule has 1 heterocycles. The summed E-state index contributed by atoms with van der Waals surface area (Å²) >= 11 is 0. The highest BCUT2D eigenvalue weighted by molar-refractivity contribution is 6.88. The van der Waals surface area contributed by atoms with Gasteiger partial charge in [0.15, 0.2) is 0 Å². The van der Waals surface area contributed by atoms with Crippen molar-refractivity contribution < 1.29 is 23.7 Å². The van der Waals surface area contributed by atoms with E-state index in [1.165, 1.54) is 13.2 Å². The molecule has 0 saturated heterocycles. The Balaban J connectivity index is 3.56. The van der Waals surface area contributed by atoms with Gasteiger partial charge in [0, 0.05) is 24.1 Å². The third-order valence-electron chi connectivity index (χ3n) is 3.72. The van der Waals surface area contributed by atoms with Crippen molar-refractivity contribution in [3.05, 3.63) is 23.3 Å². The summed E-state index contributed by atoms with van der Waals surface area (Å²) in [5.74, 6) is 0.140. The second kappa shape index (κ2) is 9.70. The molecule has 1 aromatic rings. The minimum Gasteiger partial charge on any atom is -0.481 e. The molecule has 25 heavy (non-hydrogen) atoms. The molecule has 140 valence electrons. The Kier molecular flexibility index (Phi) is 8.28. The van der Waals surface area contributed by atoms with Gasteiger partial charge in [0.05, 0.1) is 20.8 Å². The van der Waals surface area contributed by atoms with E-state index >= 15 is 0 Å². The zero-order valence-corrected chi connectivity index (χ0v) is 17.3. The summed E-state index contributed by atoms with van der Waals surface area (Å²) in [5.41, 5.74) is 2.58. The zero-order chi connectivity index (χ0) is 19.0. The van der Waals surface area contributed by atoms with Gasteiger partial charge in [-0.25, -0.2) is 9.78 Å². The van der Waals surface area contributed by atoms with E-state index in [4.69, 9.17) is 23.9 Å². The van der Waals surface area contributed by atoms with Gasteiger partial charge in [0.2, 0.25) is 5.88 Å². The summed E-state index contributed by atoms with van der Waals surface area (Å²) in [6.45, 7) is 9.10. The van der Waals surface area contributed by atoms with Crippen molar-refractivity contribution in [2.75, 3.05) is 28.1 Å². The molecule has 0 aromatic carbocycles. The van der Waals surface area contributed by atoms with Gasteiger partial charge in [-0.2, -0.15) is 0 Å². The van der Waals surface area contributed by atoms with E-state index in [1.807, 2.05) is 6.92 Å². The molecule has 1 rings (SSSR count). The zero-order valence-electron chi connectivity index (χ0n) is 16.3. The van der Waals surface area contributed by atoms with Crippen LogP contribution in [0.3, 0.4) is 0 Å². The molecule has 0 saturated carbocycles. The van der Waals surface area contributed by atoms with Crippen LogP contribution < -0.4 is 10.1 Å². The van der Waals surface area contributed by atoms with E-state index in [2.05, 4.69) is 25.7 Å². The summed E-state index contributed by atoms with van der Waals surface area (Å²) in [4.78, 5) is 16.5. The lowest BCUT2D eigenvalue weighted by atomic mass is 9.99. The average molecular weight is 368 g/mol. The van der Waals surface area contributed by atoms with Crippen LogP contribution in [0.2, 0.25) is 19.6 Å². The summed E-state index contributed by atoms with van der Waals surface area (Å²) in [6.07, 6.45) is 2.19. The first-order chi connectivity index (χ1) is 11.8.